The van der Waals surface area contributed by atoms with E-state index in [1.54, 1.807) is 18.2 Å². The number of amides is 2. The van der Waals surface area contributed by atoms with Crippen LogP contribution >= 0.6 is 11.6 Å². The van der Waals surface area contributed by atoms with Crippen molar-refractivity contribution in [2.75, 3.05) is 5.32 Å². The van der Waals surface area contributed by atoms with Crippen molar-refractivity contribution >= 4 is 34.2 Å². The number of hydrogen-bond donors (Lipinski definition) is 3. The largest absolute Gasteiger partial charge is 0.484 e. The normalized spacial score (nSPS) is 17.2. The van der Waals surface area contributed by atoms with E-state index in [-0.39, 0.29) is 16.3 Å². The van der Waals surface area contributed by atoms with Gasteiger partial charge in [-0.25, -0.2) is 9.18 Å². The van der Waals surface area contributed by atoms with E-state index in [1.807, 2.05) is 26.8 Å². The Kier molecular flexibility index (Phi) is 4.94. The zero-order valence-electron chi connectivity index (χ0n) is 16.7. The van der Waals surface area contributed by atoms with Gasteiger partial charge in [0, 0.05) is 23.4 Å². The summed E-state index contributed by atoms with van der Waals surface area (Å²) in [6.45, 7) is 5.52. The Morgan fingerprint density at radius 2 is 2.00 bits per heavy atom. The maximum atomic E-state index is 14.5. The average Bonchev–Trinajstić information content (AvgIpc) is 2.66. The smallest absolute Gasteiger partial charge is 0.319 e. The van der Waals surface area contributed by atoms with Crippen LogP contribution in [0.2, 0.25) is 5.02 Å². The lowest BCUT2D eigenvalue weighted by molar-refractivity contribution is 0.0630. The third kappa shape index (κ3) is 3.73. The van der Waals surface area contributed by atoms with Crippen molar-refractivity contribution in [1.82, 2.24) is 10.3 Å². The van der Waals surface area contributed by atoms with Gasteiger partial charge in [-0.3, -0.25) is 4.79 Å². The van der Waals surface area contributed by atoms with Gasteiger partial charge in [0.1, 0.15) is 5.60 Å². The predicted octanol–water partition coefficient (Wildman–Crippen LogP) is 5.05. The number of halogens is 2. The first kappa shape index (κ1) is 20.2. The molecule has 0 bridgehead atoms. The highest BCUT2D eigenvalue weighted by Crippen LogP contribution is 2.43. The maximum absolute atomic E-state index is 14.5. The van der Waals surface area contributed by atoms with E-state index < -0.39 is 23.5 Å². The number of nitrogens with one attached hydrogen (secondary N) is 3. The van der Waals surface area contributed by atoms with Crippen LogP contribution in [-0.4, -0.2) is 16.6 Å². The molecule has 1 atom stereocenters. The highest BCUT2D eigenvalue weighted by Gasteiger charge is 2.37. The number of ether oxygens (including phenoxy) is 1. The molecule has 0 radical (unpaired) electrons. The molecular formula is C22H21ClFN3O3. The molecule has 30 heavy (non-hydrogen) atoms. The van der Waals surface area contributed by atoms with Gasteiger partial charge in [0.25, 0.3) is 0 Å². The van der Waals surface area contributed by atoms with Crippen LogP contribution in [0.1, 0.15) is 37.4 Å². The molecule has 0 aliphatic carbocycles. The minimum absolute atomic E-state index is 0.0324. The Morgan fingerprint density at radius 1 is 1.23 bits per heavy atom. The number of aryl methyl sites for hydroxylation is 1. The van der Waals surface area contributed by atoms with Gasteiger partial charge in [-0.2, -0.15) is 0 Å². The van der Waals surface area contributed by atoms with Gasteiger partial charge < -0.3 is 20.4 Å². The van der Waals surface area contributed by atoms with E-state index in [1.165, 1.54) is 12.1 Å². The molecule has 0 fully saturated rings. The molecule has 2 amide bonds. The summed E-state index contributed by atoms with van der Waals surface area (Å²) in [7, 11) is 0. The minimum atomic E-state index is -0.689. The first-order valence-electron chi connectivity index (χ1n) is 9.52. The standard InChI is InChI=1S/C22H21ClFN3O3/c1-11-4-8-15-12(6-9-17(28)25-15)19(11)27-21(29)26-16-10-22(2,3)30-20-13(16)5-7-14(23)18(20)24/h4-9,16H,10H2,1-3H3,(H,25,28)(H2,26,27,29)/t16-/m1/s1. The second-order valence-corrected chi connectivity index (χ2v) is 8.45. The molecule has 6 nitrogen and oxygen atoms in total. The monoisotopic (exact) mass is 429 g/mol. The van der Waals surface area contributed by atoms with Gasteiger partial charge in [-0.15, -0.1) is 0 Å². The van der Waals surface area contributed by atoms with Crippen LogP contribution in [-0.2, 0) is 0 Å². The van der Waals surface area contributed by atoms with Gasteiger partial charge in [0.2, 0.25) is 5.56 Å². The number of benzene rings is 2. The molecule has 3 N–H and O–H groups in total. The van der Waals surface area contributed by atoms with Gasteiger partial charge in [-0.1, -0.05) is 23.7 Å². The molecule has 2 aromatic carbocycles. The molecule has 1 aliphatic rings. The number of rotatable bonds is 2. The van der Waals surface area contributed by atoms with Gasteiger partial charge >= 0.3 is 6.03 Å². The van der Waals surface area contributed by atoms with Gasteiger partial charge in [0.15, 0.2) is 11.6 Å². The molecule has 0 saturated heterocycles. The highest BCUT2D eigenvalue weighted by molar-refractivity contribution is 6.30. The number of aromatic amines is 1. The number of H-pyrrole nitrogens is 1. The van der Waals surface area contributed by atoms with Crippen molar-refractivity contribution in [3.05, 3.63) is 68.7 Å². The molecule has 0 spiro atoms. The van der Waals surface area contributed by atoms with Crippen LogP contribution in [0.4, 0.5) is 14.9 Å². The molecule has 156 valence electrons. The van der Waals surface area contributed by atoms with E-state index >= 15 is 0 Å². The third-order valence-corrected chi connectivity index (χ3v) is 5.48. The van der Waals surface area contributed by atoms with Crippen molar-refractivity contribution < 1.29 is 13.9 Å². The molecule has 1 aliphatic heterocycles. The summed E-state index contributed by atoms with van der Waals surface area (Å²) < 4.78 is 20.3. The van der Waals surface area contributed by atoms with Crippen molar-refractivity contribution in [2.24, 2.45) is 0 Å². The lowest BCUT2D eigenvalue weighted by atomic mass is 9.89. The lowest BCUT2D eigenvalue weighted by Gasteiger charge is -2.38. The maximum Gasteiger partial charge on any atom is 0.319 e. The van der Waals surface area contributed by atoms with Gasteiger partial charge in [0.05, 0.1) is 22.3 Å². The van der Waals surface area contributed by atoms with Crippen molar-refractivity contribution in [1.29, 1.82) is 0 Å². The van der Waals surface area contributed by atoms with E-state index in [2.05, 4.69) is 15.6 Å². The Bertz CT molecular complexity index is 1220. The zero-order valence-corrected chi connectivity index (χ0v) is 17.5. The second kappa shape index (κ2) is 7.32. The number of anilines is 1. The molecule has 0 unspecified atom stereocenters. The van der Waals surface area contributed by atoms with Crippen molar-refractivity contribution in [3.63, 3.8) is 0 Å². The number of hydrogen-bond acceptors (Lipinski definition) is 3. The number of aromatic nitrogens is 1. The second-order valence-electron chi connectivity index (χ2n) is 8.04. The molecule has 3 aromatic rings. The summed E-state index contributed by atoms with van der Waals surface area (Å²) in [6.07, 6.45) is 0.455. The Balaban J connectivity index is 1.64. The quantitative estimate of drug-likeness (QED) is 0.532. The third-order valence-electron chi connectivity index (χ3n) is 5.19. The molecule has 8 heteroatoms. The van der Waals surface area contributed by atoms with Crippen LogP contribution in [0.5, 0.6) is 5.75 Å². The number of pyridine rings is 1. The molecular weight excluding hydrogens is 409 g/mol. The summed E-state index contributed by atoms with van der Waals surface area (Å²) in [6, 6.07) is 8.89. The number of carbonyl (C=O) groups excluding carboxylic acids is 1. The Hall–Kier alpha value is -3.06. The highest BCUT2D eigenvalue weighted by atomic mass is 35.5. The topological polar surface area (TPSA) is 83.2 Å². The summed E-state index contributed by atoms with van der Waals surface area (Å²) in [4.78, 5) is 27.2. The molecule has 2 heterocycles. The average molecular weight is 430 g/mol. The number of carbonyl (C=O) groups is 1. The fraction of sp³-hybridized carbons (Fsp3) is 0.273. The van der Waals surface area contributed by atoms with Crippen LogP contribution in [0, 0.1) is 12.7 Å². The molecule has 4 rings (SSSR count). The van der Waals surface area contributed by atoms with E-state index in [0.717, 1.165) is 10.9 Å². The van der Waals surface area contributed by atoms with Crippen LogP contribution in [0.15, 0.2) is 41.2 Å². The van der Waals surface area contributed by atoms with Crippen LogP contribution in [0.3, 0.4) is 0 Å². The lowest BCUT2D eigenvalue weighted by Crippen LogP contribution is -2.43. The van der Waals surface area contributed by atoms with Crippen LogP contribution in [0.25, 0.3) is 10.9 Å². The predicted molar refractivity (Wildman–Crippen MR) is 115 cm³/mol. The first-order chi connectivity index (χ1) is 14.1. The van der Waals surface area contributed by atoms with Gasteiger partial charge in [-0.05, 0) is 44.5 Å². The summed E-state index contributed by atoms with van der Waals surface area (Å²) in [5, 5.41) is 6.47. The van der Waals surface area contributed by atoms with E-state index in [0.29, 0.717) is 23.2 Å². The number of urea groups is 1. The molecule has 0 saturated carbocycles. The Labute approximate surface area is 177 Å². The summed E-state index contributed by atoms with van der Waals surface area (Å²) in [5.74, 6) is -0.578. The van der Waals surface area contributed by atoms with Crippen molar-refractivity contribution in [2.45, 2.75) is 38.8 Å². The molecule has 1 aromatic heterocycles. The minimum Gasteiger partial charge on any atom is -0.484 e. The SMILES string of the molecule is Cc1ccc2[nH]c(=O)ccc2c1NC(=O)N[C@@H]1CC(C)(C)Oc2c1ccc(Cl)c2F. The Morgan fingerprint density at radius 3 is 2.77 bits per heavy atom. The first-order valence-corrected chi connectivity index (χ1v) is 9.89. The number of fused-ring (bicyclic) bond motifs is 2. The fourth-order valence-electron chi connectivity index (χ4n) is 3.79. The van der Waals surface area contributed by atoms with E-state index in [9.17, 15) is 14.0 Å². The summed E-state index contributed by atoms with van der Waals surface area (Å²) in [5.41, 5.74) is 1.68. The summed E-state index contributed by atoms with van der Waals surface area (Å²) >= 11 is 5.90. The van der Waals surface area contributed by atoms with Crippen molar-refractivity contribution in [3.8, 4) is 5.75 Å². The fourth-order valence-corrected chi connectivity index (χ4v) is 3.94. The zero-order chi connectivity index (χ0) is 21.6. The van der Waals surface area contributed by atoms with Crippen LogP contribution < -0.4 is 20.9 Å². The van der Waals surface area contributed by atoms with E-state index in [4.69, 9.17) is 16.3 Å².